The van der Waals surface area contributed by atoms with Gasteiger partial charge < -0.3 is 15.4 Å². The Kier molecular flexibility index (Phi) is 7.82. The number of nitro groups is 1. The summed E-state index contributed by atoms with van der Waals surface area (Å²) in [5.41, 5.74) is 4.04. The third-order valence-electron chi connectivity index (χ3n) is 6.37. The highest BCUT2D eigenvalue weighted by atomic mass is 32.2. The third-order valence-corrected chi connectivity index (χ3v) is 7.30. The molecule has 37 heavy (non-hydrogen) atoms. The van der Waals surface area contributed by atoms with Crippen molar-refractivity contribution in [2.45, 2.75) is 51.7 Å². The SMILES string of the molecule is CCCCSc1nc2n(n1)C(c1ccc(OC)c([N+](=O)[O-])c1)C(C(=O)Nc1cccc(C)c1C)=C(C)N2. The largest absolute Gasteiger partial charge is 0.490 e. The molecule has 0 saturated carbocycles. The molecule has 1 atom stereocenters. The van der Waals surface area contributed by atoms with Crippen LogP contribution in [0.3, 0.4) is 0 Å². The fourth-order valence-electron chi connectivity index (χ4n) is 4.20. The summed E-state index contributed by atoms with van der Waals surface area (Å²) < 4.78 is 6.82. The number of hydrogen-bond donors (Lipinski definition) is 2. The number of rotatable bonds is 9. The highest BCUT2D eigenvalue weighted by Crippen LogP contribution is 2.40. The summed E-state index contributed by atoms with van der Waals surface area (Å²) in [6.07, 6.45) is 2.08. The van der Waals surface area contributed by atoms with Gasteiger partial charge in [-0.2, -0.15) is 4.98 Å². The third kappa shape index (κ3) is 5.31. The Morgan fingerprint density at radius 2 is 2.05 bits per heavy atom. The smallest absolute Gasteiger partial charge is 0.311 e. The van der Waals surface area contributed by atoms with Gasteiger partial charge in [0.05, 0.1) is 17.6 Å². The first-order valence-electron chi connectivity index (χ1n) is 12.0. The number of methoxy groups -OCH3 is 1. The molecule has 194 valence electrons. The van der Waals surface area contributed by atoms with Crippen LogP contribution in [0.25, 0.3) is 0 Å². The van der Waals surface area contributed by atoms with Crippen LogP contribution in [0.1, 0.15) is 49.4 Å². The van der Waals surface area contributed by atoms with Crippen molar-refractivity contribution in [1.82, 2.24) is 14.8 Å². The van der Waals surface area contributed by atoms with Gasteiger partial charge in [0, 0.05) is 23.2 Å². The normalized spacial score (nSPS) is 14.7. The number of carbonyl (C=O) groups is 1. The number of allylic oxidation sites excluding steroid dienone is 1. The van der Waals surface area contributed by atoms with Crippen molar-refractivity contribution in [1.29, 1.82) is 0 Å². The lowest BCUT2D eigenvalue weighted by Gasteiger charge is -2.29. The van der Waals surface area contributed by atoms with E-state index < -0.39 is 11.0 Å². The lowest BCUT2D eigenvalue weighted by atomic mass is 9.94. The maximum absolute atomic E-state index is 13.8. The monoisotopic (exact) mass is 522 g/mol. The Hall–Kier alpha value is -3.86. The van der Waals surface area contributed by atoms with E-state index in [2.05, 4.69) is 22.5 Å². The number of hydrogen-bond acceptors (Lipinski definition) is 8. The van der Waals surface area contributed by atoms with Crippen LogP contribution in [0.5, 0.6) is 5.75 Å². The van der Waals surface area contributed by atoms with Gasteiger partial charge in [-0.15, -0.1) is 5.10 Å². The van der Waals surface area contributed by atoms with E-state index in [4.69, 9.17) is 9.84 Å². The number of aryl methyl sites for hydroxylation is 1. The number of aromatic nitrogens is 3. The molecule has 11 heteroatoms. The molecule has 1 aromatic heterocycles. The number of thioether (sulfide) groups is 1. The number of nitrogens with zero attached hydrogens (tertiary/aromatic N) is 4. The van der Waals surface area contributed by atoms with Gasteiger partial charge in [-0.25, -0.2) is 4.68 Å². The summed E-state index contributed by atoms with van der Waals surface area (Å²) in [7, 11) is 1.38. The minimum absolute atomic E-state index is 0.138. The summed E-state index contributed by atoms with van der Waals surface area (Å²) in [6, 6.07) is 9.67. The summed E-state index contributed by atoms with van der Waals surface area (Å²) in [4.78, 5) is 29.7. The molecule has 4 rings (SSSR count). The number of carbonyl (C=O) groups excluding carboxylic acids is 1. The van der Waals surface area contributed by atoms with Crippen molar-refractivity contribution < 1.29 is 14.5 Å². The van der Waals surface area contributed by atoms with E-state index in [1.165, 1.54) is 24.9 Å². The summed E-state index contributed by atoms with van der Waals surface area (Å²) in [5, 5.41) is 23.3. The molecule has 0 saturated heterocycles. The van der Waals surface area contributed by atoms with E-state index in [9.17, 15) is 14.9 Å². The maximum atomic E-state index is 13.8. The lowest BCUT2D eigenvalue weighted by Crippen LogP contribution is -2.31. The van der Waals surface area contributed by atoms with E-state index in [1.807, 2.05) is 32.0 Å². The number of benzene rings is 2. The van der Waals surface area contributed by atoms with Gasteiger partial charge in [0.25, 0.3) is 5.91 Å². The number of nitro benzene ring substituents is 1. The van der Waals surface area contributed by atoms with Crippen LogP contribution in [0.4, 0.5) is 17.3 Å². The Balaban J connectivity index is 1.81. The highest BCUT2D eigenvalue weighted by Gasteiger charge is 2.36. The van der Waals surface area contributed by atoms with Gasteiger partial charge in [0.1, 0.15) is 6.04 Å². The first-order chi connectivity index (χ1) is 17.7. The van der Waals surface area contributed by atoms with Crippen LogP contribution in [0.2, 0.25) is 0 Å². The molecule has 1 unspecified atom stereocenters. The van der Waals surface area contributed by atoms with Crippen molar-refractivity contribution >= 4 is 35.0 Å². The number of ether oxygens (including phenoxy) is 1. The second kappa shape index (κ2) is 11.0. The molecule has 1 aliphatic heterocycles. The molecule has 0 fully saturated rings. The molecular formula is C26H30N6O4S. The first kappa shape index (κ1) is 26.2. The van der Waals surface area contributed by atoms with Crippen LogP contribution >= 0.6 is 11.8 Å². The van der Waals surface area contributed by atoms with Crippen LogP contribution in [-0.2, 0) is 4.79 Å². The fourth-order valence-corrected chi connectivity index (χ4v) is 5.11. The van der Waals surface area contributed by atoms with Gasteiger partial charge in [-0.05, 0) is 56.0 Å². The molecule has 0 bridgehead atoms. The van der Waals surface area contributed by atoms with Crippen LogP contribution < -0.4 is 15.4 Å². The lowest BCUT2D eigenvalue weighted by molar-refractivity contribution is -0.385. The Labute approximate surface area is 219 Å². The maximum Gasteiger partial charge on any atom is 0.311 e. The van der Waals surface area contributed by atoms with E-state index in [0.717, 1.165) is 29.7 Å². The zero-order chi connectivity index (χ0) is 26.7. The number of anilines is 2. The predicted molar refractivity (Wildman–Crippen MR) is 144 cm³/mol. The molecule has 2 aromatic carbocycles. The average molecular weight is 523 g/mol. The number of fused-ring (bicyclic) bond motifs is 1. The zero-order valence-electron chi connectivity index (χ0n) is 21.5. The topological polar surface area (TPSA) is 124 Å². The fraction of sp³-hybridized carbons (Fsp3) is 0.346. The second-order valence-corrected chi connectivity index (χ2v) is 9.88. The standard InChI is InChI=1S/C26H30N6O4S/c1-6-7-13-37-26-29-25-27-17(4)22(24(33)28-19-10-8-9-15(2)16(19)3)23(31(25)30-26)18-11-12-21(36-5)20(14-18)32(34)35/h8-12,14,23H,6-7,13H2,1-5H3,(H,28,33)(H,27,29,30). The van der Waals surface area contributed by atoms with E-state index >= 15 is 0 Å². The molecule has 10 nitrogen and oxygen atoms in total. The van der Waals surface area contributed by atoms with Crippen molar-refractivity contribution in [3.8, 4) is 5.75 Å². The van der Waals surface area contributed by atoms with E-state index in [1.54, 1.807) is 23.7 Å². The predicted octanol–water partition coefficient (Wildman–Crippen LogP) is 5.63. The van der Waals surface area contributed by atoms with E-state index in [-0.39, 0.29) is 17.3 Å². The second-order valence-electron chi connectivity index (χ2n) is 8.82. The number of amides is 1. The summed E-state index contributed by atoms with van der Waals surface area (Å²) >= 11 is 1.54. The Bertz CT molecular complexity index is 1380. The number of nitrogens with one attached hydrogen (secondary N) is 2. The molecule has 0 radical (unpaired) electrons. The Morgan fingerprint density at radius 3 is 2.76 bits per heavy atom. The highest BCUT2D eigenvalue weighted by molar-refractivity contribution is 7.99. The number of unbranched alkanes of at least 4 members (excludes halogenated alkanes) is 1. The molecule has 1 amide bonds. The molecule has 2 heterocycles. The van der Waals surface area contributed by atoms with Crippen molar-refractivity contribution in [2.24, 2.45) is 0 Å². The van der Waals surface area contributed by atoms with Crippen molar-refractivity contribution in [3.05, 3.63) is 74.5 Å². The zero-order valence-corrected chi connectivity index (χ0v) is 22.3. The van der Waals surface area contributed by atoms with Crippen LogP contribution in [-0.4, -0.2) is 38.5 Å². The van der Waals surface area contributed by atoms with Gasteiger partial charge in [0.2, 0.25) is 11.1 Å². The average Bonchev–Trinajstić information content (AvgIpc) is 3.27. The van der Waals surface area contributed by atoms with Gasteiger partial charge in [0.15, 0.2) is 5.75 Å². The molecule has 0 spiro atoms. The van der Waals surface area contributed by atoms with Crippen molar-refractivity contribution in [2.75, 3.05) is 23.5 Å². The van der Waals surface area contributed by atoms with Gasteiger partial charge in [-0.3, -0.25) is 14.9 Å². The minimum Gasteiger partial charge on any atom is -0.490 e. The van der Waals surface area contributed by atoms with Crippen LogP contribution in [0.15, 0.2) is 52.8 Å². The summed E-state index contributed by atoms with van der Waals surface area (Å²) in [6.45, 7) is 7.85. The summed E-state index contributed by atoms with van der Waals surface area (Å²) in [5.74, 6) is 1.15. The molecular weight excluding hydrogens is 492 g/mol. The Morgan fingerprint density at radius 1 is 1.27 bits per heavy atom. The van der Waals surface area contributed by atoms with E-state index in [0.29, 0.717) is 33.6 Å². The van der Waals surface area contributed by atoms with Crippen molar-refractivity contribution in [3.63, 3.8) is 0 Å². The molecule has 2 N–H and O–H groups in total. The quantitative estimate of drug-likeness (QED) is 0.160. The first-order valence-corrected chi connectivity index (χ1v) is 13.0. The van der Waals surface area contributed by atoms with Crippen LogP contribution in [0, 0.1) is 24.0 Å². The molecule has 0 aliphatic carbocycles. The molecule has 3 aromatic rings. The van der Waals surface area contributed by atoms with Gasteiger partial charge in [-0.1, -0.05) is 43.3 Å². The minimum atomic E-state index is -0.737. The van der Waals surface area contributed by atoms with Gasteiger partial charge >= 0.3 is 5.69 Å². The molecule has 1 aliphatic rings.